The second kappa shape index (κ2) is 25.4. The average molecular weight is 875 g/mol. The van der Waals surface area contributed by atoms with E-state index in [1.165, 1.54) is 55.5 Å². The Morgan fingerprint density at radius 3 is 1.25 bits per heavy atom. The fraction of sp³-hybridized carbons (Fsp3) is 0.250. The molecule has 0 radical (unpaired) electrons. The van der Waals surface area contributed by atoms with Gasteiger partial charge in [-0.3, -0.25) is 28.8 Å². The Morgan fingerprint density at radius 1 is 0.524 bits per heavy atom. The largest absolute Gasteiger partial charge is 0.481 e. The summed E-state index contributed by atoms with van der Waals surface area (Å²) in [5, 5.41) is 0. The van der Waals surface area contributed by atoms with Crippen molar-refractivity contribution in [2.24, 2.45) is 11.8 Å². The number of Topliss-reactive ketones (excluding diaryl/α,β-unsaturated/α-hetero) is 6. The Bertz CT molecular complexity index is 2300. The summed E-state index contributed by atoms with van der Waals surface area (Å²) in [7, 11) is 0. The van der Waals surface area contributed by atoms with Gasteiger partial charge in [0.25, 0.3) is 0 Å². The van der Waals surface area contributed by atoms with Gasteiger partial charge in [-0.2, -0.15) is 26.3 Å². The highest BCUT2D eigenvalue weighted by Gasteiger charge is 2.45. The quantitative estimate of drug-likeness (QED) is 0.0420. The number of carbonyl (C=O) groups excluding carboxylic acids is 6. The van der Waals surface area contributed by atoms with Gasteiger partial charge in [-0.1, -0.05) is 72.4 Å². The Hall–Kier alpha value is -7.44. The van der Waals surface area contributed by atoms with Crippen molar-refractivity contribution in [3.05, 3.63) is 125 Å². The van der Waals surface area contributed by atoms with E-state index in [1.54, 1.807) is 36.4 Å². The molecule has 4 aromatic carbocycles. The van der Waals surface area contributed by atoms with Crippen molar-refractivity contribution in [3.8, 4) is 54.3 Å². The van der Waals surface area contributed by atoms with E-state index in [0.717, 1.165) is 12.5 Å². The molecule has 0 aromatic heterocycles. The van der Waals surface area contributed by atoms with Crippen LogP contribution in [0.3, 0.4) is 0 Å². The third kappa shape index (κ3) is 18.4. The number of hydrogen-bond donors (Lipinski definition) is 0. The number of benzene rings is 4. The molecule has 0 fully saturated rings. The minimum atomic E-state index is -5.02. The number of ketones is 6. The maximum Gasteiger partial charge on any atom is 0.450 e. The van der Waals surface area contributed by atoms with E-state index in [-0.39, 0.29) is 43.4 Å². The van der Waals surface area contributed by atoms with Crippen LogP contribution in [-0.2, 0) is 32.0 Å². The minimum absolute atomic E-state index is 0.00524. The lowest BCUT2D eigenvalue weighted by molar-refractivity contribution is -0.176. The second-order valence-corrected chi connectivity index (χ2v) is 13.1. The zero-order valence-corrected chi connectivity index (χ0v) is 33.9. The zero-order chi connectivity index (χ0) is 47.2. The maximum atomic E-state index is 12.5. The van der Waals surface area contributed by atoms with E-state index in [9.17, 15) is 55.1 Å². The molecule has 4 rings (SSSR count). The molecule has 0 spiro atoms. The van der Waals surface area contributed by atoms with Crippen molar-refractivity contribution in [1.29, 1.82) is 0 Å². The van der Waals surface area contributed by atoms with E-state index in [2.05, 4.69) is 17.8 Å². The van der Waals surface area contributed by atoms with Crippen LogP contribution in [0.5, 0.6) is 17.2 Å². The molecular weight excluding hydrogens is 835 g/mol. The smallest absolute Gasteiger partial charge is 0.450 e. The van der Waals surface area contributed by atoms with Gasteiger partial charge < -0.3 is 14.2 Å². The van der Waals surface area contributed by atoms with Crippen molar-refractivity contribution in [1.82, 2.24) is 0 Å². The predicted octanol–water partition coefficient (Wildman–Crippen LogP) is 8.31. The number of alkyl halides is 6. The molecular formula is C48H40F6O9. The summed E-state index contributed by atoms with van der Waals surface area (Å²) in [4.78, 5) is 69.0. The van der Waals surface area contributed by atoms with Crippen molar-refractivity contribution in [3.63, 3.8) is 0 Å². The van der Waals surface area contributed by atoms with E-state index in [4.69, 9.17) is 33.5 Å². The number of carbonyl (C=O) groups is 6. The third-order valence-corrected chi connectivity index (χ3v) is 8.46. The molecule has 9 nitrogen and oxygen atoms in total. The molecule has 0 amide bonds. The Morgan fingerprint density at radius 2 is 0.905 bits per heavy atom. The summed E-state index contributed by atoms with van der Waals surface area (Å²) in [6, 6.07) is 27.5. The first kappa shape index (κ1) is 51.7. The van der Waals surface area contributed by atoms with E-state index in [1.807, 2.05) is 18.2 Å². The SMILES string of the molecule is C#CCOc1ccc(C(=O)CC(=O)C(F)(F)F)cc1.C#CCOc1ccc(CC(C(C)=O)C(=O)C(F)(F)F)cc1.C#CCOc1ccc(CC(C(C)=O)C(=O)c2ccccc2)cc1. The second-order valence-electron chi connectivity index (χ2n) is 13.1. The standard InChI is InChI=1S/C20H18O3.C15H13F3O3.C13H9F3O3/c1-3-13-23-18-11-9-16(10-12-18)14-19(15(2)21)20(22)17-7-5-4-6-8-17;1-3-8-21-12-6-4-11(5-7-12)9-13(10(2)19)14(20)15(16,17)18;1-2-7-19-10-5-3-9(4-6-10)11(17)8-12(18)13(14,15)16/h1,4-12,19H,13-14H2,2H3;1,4-7,13H,8-9H2,2H3;1,3-6H,7-8H2. The van der Waals surface area contributed by atoms with Crippen LogP contribution in [0.4, 0.5) is 26.3 Å². The van der Waals surface area contributed by atoms with Gasteiger partial charge in [-0.15, -0.1) is 19.3 Å². The van der Waals surface area contributed by atoms with Crippen LogP contribution in [0.25, 0.3) is 0 Å². The van der Waals surface area contributed by atoms with Crippen molar-refractivity contribution in [2.75, 3.05) is 19.8 Å². The summed E-state index contributed by atoms with van der Waals surface area (Å²) in [6.07, 6.45) is 4.00. The van der Waals surface area contributed by atoms with Crippen LogP contribution >= 0.6 is 0 Å². The number of rotatable bonds is 18. The fourth-order valence-corrected chi connectivity index (χ4v) is 5.22. The summed E-state index contributed by atoms with van der Waals surface area (Å²) < 4.78 is 88.7. The molecule has 0 saturated heterocycles. The molecule has 2 unspecified atom stereocenters. The number of ether oxygens (including phenoxy) is 3. The lowest BCUT2D eigenvalue weighted by Gasteiger charge is -2.15. The Balaban J connectivity index is 0.000000327. The third-order valence-electron chi connectivity index (χ3n) is 8.46. The molecule has 63 heavy (non-hydrogen) atoms. The van der Waals surface area contributed by atoms with E-state index in [0.29, 0.717) is 34.8 Å². The molecule has 0 saturated carbocycles. The zero-order valence-electron chi connectivity index (χ0n) is 33.9. The Labute approximate surface area is 360 Å². The van der Waals surface area contributed by atoms with Gasteiger partial charge in [0.2, 0.25) is 11.6 Å². The molecule has 0 bridgehead atoms. The first-order chi connectivity index (χ1) is 29.7. The fourth-order valence-electron chi connectivity index (χ4n) is 5.22. The summed E-state index contributed by atoms with van der Waals surface area (Å²) in [5.74, 6) is -0.0544. The lowest BCUT2D eigenvalue weighted by atomic mass is 9.88. The lowest BCUT2D eigenvalue weighted by Crippen LogP contribution is -2.35. The van der Waals surface area contributed by atoms with Crippen LogP contribution in [0.2, 0.25) is 0 Å². The van der Waals surface area contributed by atoms with Crippen molar-refractivity contribution in [2.45, 2.75) is 45.5 Å². The van der Waals surface area contributed by atoms with E-state index < -0.39 is 53.7 Å². The molecule has 0 N–H and O–H groups in total. The molecule has 0 heterocycles. The molecule has 15 heteroatoms. The van der Waals surface area contributed by atoms with Gasteiger partial charge in [0.1, 0.15) is 48.6 Å². The van der Waals surface area contributed by atoms with Crippen LogP contribution in [0.15, 0.2) is 103 Å². The van der Waals surface area contributed by atoms with Crippen LogP contribution in [0.1, 0.15) is 52.1 Å². The first-order valence-corrected chi connectivity index (χ1v) is 18.5. The average Bonchev–Trinajstić information content (AvgIpc) is 3.25. The number of halogens is 6. The summed E-state index contributed by atoms with van der Waals surface area (Å²) in [5.41, 5.74) is 1.90. The summed E-state index contributed by atoms with van der Waals surface area (Å²) >= 11 is 0. The number of hydrogen-bond acceptors (Lipinski definition) is 9. The molecule has 4 aromatic rings. The highest BCUT2D eigenvalue weighted by atomic mass is 19.4. The topological polar surface area (TPSA) is 130 Å². The van der Waals surface area contributed by atoms with E-state index >= 15 is 0 Å². The Kier molecular flexibility index (Phi) is 20.8. The monoisotopic (exact) mass is 874 g/mol. The van der Waals surface area contributed by atoms with Gasteiger partial charge in [0.05, 0.1) is 18.3 Å². The summed E-state index contributed by atoms with van der Waals surface area (Å²) in [6.45, 7) is 2.75. The first-order valence-electron chi connectivity index (χ1n) is 18.5. The van der Waals surface area contributed by atoms with Gasteiger partial charge in [0.15, 0.2) is 11.6 Å². The predicted molar refractivity (Wildman–Crippen MR) is 220 cm³/mol. The highest BCUT2D eigenvalue weighted by molar-refractivity contribution is 6.10. The van der Waals surface area contributed by atoms with Gasteiger partial charge >= 0.3 is 12.4 Å². The van der Waals surface area contributed by atoms with Gasteiger partial charge in [0, 0.05) is 11.1 Å². The molecule has 0 aliphatic carbocycles. The van der Waals surface area contributed by atoms with Crippen molar-refractivity contribution >= 4 is 34.7 Å². The molecule has 0 aliphatic heterocycles. The molecule has 0 aliphatic rings. The van der Waals surface area contributed by atoms with Crippen LogP contribution in [-0.4, -0.2) is 66.9 Å². The molecule has 2 atom stereocenters. The number of terminal acetylenes is 3. The highest BCUT2D eigenvalue weighted by Crippen LogP contribution is 2.25. The van der Waals surface area contributed by atoms with Gasteiger partial charge in [-0.25, -0.2) is 0 Å². The van der Waals surface area contributed by atoms with Crippen molar-refractivity contribution < 1.29 is 69.3 Å². The maximum absolute atomic E-state index is 12.5. The minimum Gasteiger partial charge on any atom is -0.481 e. The van der Waals surface area contributed by atoms with Gasteiger partial charge in [-0.05, 0) is 86.3 Å². The van der Waals surface area contributed by atoms with Crippen LogP contribution < -0.4 is 14.2 Å². The van der Waals surface area contributed by atoms with Crippen LogP contribution in [0, 0.1) is 48.9 Å². The normalized spacial score (nSPS) is 11.4. The molecule has 328 valence electrons.